The van der Waals surface area contributed by atoms with Gasteiger partial charge in [0.25, 0.3) is 11.7 Å². The molecule has 0 radical (unpaired) electrons. The van der Waals surface area contributed by atoms with Gasteiger partial charge in [0.05, 0.1) is 11.3 Å². The molecule has 31 heavy (non-hydrogen) atoms. The highest BCUT2D eigenvalue weighted by atomic mass is 16.3. The minimum absolute atomic E-state index is 0.0489. The van der Waals surface area contributed by atoms with E-state index in [4.69, 9.17) is 0 Å². The standard InChI is InChI=1S/C26H24N2O3/c1-15-8-9-17(3)21(13-15)28-23(20-7-5-6-12-27-20)22(25(30)26(28)31)24(29)19-11-10-16(2)18(4)14-19/h5-14,23,29H,1-4H3/b24-22-. The van der Waals surface area contributed by atoms with Crippen LogP contribution in [-0.4, -0.2) is 21.8 Å². The second kappa shape index (κ2) is 7.84. The summed E-state index contributed by atoms with van der Waals surface area (Å²) in [6.07, 6.45) is 1.62. The molecule has 0 aliphatic carbocycles. The lowest BCUT2D eigenvalue weighted by molar-refractivity contribution is -0.132. The fourth-order valence-corrected chi connectivity index (χ4v) is 3.92. The summed E-state index contributed by atoms with van der Waals surface area (Å²) in [5.74, 6) is -1.58. The van der Waals surface area contributed by atoms with Crippen LogP contribution in [0.3, 0.4) is 0 Å². The first-order valence-corrected chi connectivity index (χ1v) is 10.2. The van der Waals surface area contributed by atoms with Gasteiger partial charge >= 0.3 is 0 Å². The minimum Gasteiger partial charge on any atom is -0.507 e. The number of benzene rings is 2. The quantitative estimate of drug-likeness (QED) is 0.376. The van der Waals surface area contributed by atoms with Gasteiger partial charge in [-0.3, -0.25) is 19.5 Å². The number of aliphatic hydroxyl groups excluding tert-OH is 1. The van der Waals surface area contributed by atoms with Gasteiger partial charge < -0.3 is 5.11 Å². The van der Waals surface area contributed by atoms with E-state index < -0.39 is 17.7 Å². The SMILES string of the molecule is Cc1ccc(C)c(N2C(=O)C(=O)/C(=C(\O)c3ccc(C)c(C)c3)C2c2ccccn2)c1. The van der Waals surface area contributed by atoms with Crippen molar-refractivity contribution in [1.29, 1.82) is 0 Å². The molecule has 3 aromatic rings. The number of anilines is 1. The Morgan fingerprint density at radius 2 is 1.65 bits per heavy atom. The normalized spacial score (nSPS) is 17.9. The van der Waals surface area contributed by atoms with Crippen LogP contribution in [0.2, 0.25) is 0 Å². The number of aryl methyl sites for hydroxylation is 4. The molecule has 156 valence electrons. The average Bonchev–Trinajstić information content (AvgIpc) is 3.02. The van der Waals surface area contributed by atoms with E-state index in [0.717, 1.165) is 22.3 Å². The summed E-state index contributed by atoms with van der Waals surface area (Å²) in [6, 6.07) is 15.8. The predicted octanol–water partition coefficient (Wildman–Crippen LogP) is 4.94. The van der Waals surface area contributed by atoms with Crippen molar-refractivity contribution in [2.75, 3.05) is 4.90 Å². The number of carbonyl (C=O) groups excluding carboxylic acids is 2. The molecule has 5 nitrogen and oxygen atoms in total. The van der Waals surface area contributed by atoms with E-state index in [1.807, 2.05) is 64.1 Å². The van der Waals surface area contributed by atoms with E-state index in [2.05, 4.69) is 4.98 Å². The number of rotatable bonds is 3. The molecule has 1 unspecified atom stereocenters. The van der Waals surface area contributed by atoms with Crippen molar-refractivity contribution < 1.29 is 14.7 Å². The molecule has 1 aliphatic rings. The number of carbonyl (C=O) groups is 2. The van der Waals surface area contributed by atoms with Crippen molar-refractivity contribution >= 4 is 23.1 Å². The second-order valence-corrected chi connectivity index (χ2v) is 8.01. The van der Waals surface area contributed by atoms with E-state index in [0.29, 0.717) is 16.9 Å². The highest BCUT2D eigenvalue weighted by Gasteiger charge is 2.48. The van der Waals surface area contributed by atoms with Gasteiger partial charge in [-0.15, -0.1) is 0 Å². The molecule has 1 N–H and O–H groups in total. The molecule has 2 heterocycles. The Labute approximate surface area is 181 Å². The highest BCUT2D eigenvalue weighted by Crippen LogP contribution is 2.42. The summed E-state index contributed by atoms with van der Waals surface area (Å²) in [7, 11) is 0. The molecule has 1 aromatic heterocycles. The monoisotopic (exact) mass is 412 g/mol. The summed E-state index contributed by atoms with van der Waals surface area (Å²) in [4.78, 5) is 32.3. The van der Waals surface area contributed by atoms with Crippen LogP contribution < -0.4 is 4.90 Å². The third-order valence-electron chi connectivity index (χ3n) is 5.82. The van der Waals surface area contributed by atoms with Crippen LogP contribution >= 0.6 is 0 Å². The zero-order valence-corrected chi connectivity index (χ0v) is 18.0. The highest BCUT2D eigenvalue weighted by molar-refractivity contribution is 6.51. The Balaban J connectivity index is 1.98. The number of hydrogen-bond acceptors (Lipinski definition) is 4. The van der Waals surface area contributed by atoms with Crippen molar-refractivity contribution in [3.05, 3.63) is 99.9 Å². The topological polar surface area (TPSA) is 70.5 Å². The molecule has 5 heteroatoms. The molecule has 0 bridgehead atoms. The molecule has 1 amide bonds. The van der Waals surface area contributed by atoms with Crippen LogP contribution in [0.5, 0.6) is 0 Å². The van der Waals surface area contributed by atoms with E-state index >= 15 is 0 Å². The molecular formula is C26H24N2O3. The van der Waals surface area contributed by atoms with Crippen molar-refractivity contribution in [2.45, 2.75) is 33.7 Å². The third kappa shape index (κ3) is 3.52. The van der Waals surface area contributed by atoms with Gasteiger partial charge in [0.1, 0.15) is 11.8 Å². The molecule has 4 rings (SSSR count). The zero-order chi connectivity index (χ0) is 22.3. The Bertz CT molecular complexity index is 1230. The number of pyridine rings is 1. The van der Waals surface area contributed by atoms with Crippen LogP contribution in [-0.2, 0) is 9.59 Å². The summed E-state index contributed by atoms with van der Waals surface area (Å²) in [6.45, 7) is 7.75. The van der Waals surface area contributed by atoms with Crippen LogP contribution in [0, 0.1) is 27.7 Å². The van der Waals surface area contributed by atoms with Crippen LogP contribution in [0.25, 0.3) is 5.76 Å². The predicted molar refractivity (Wildman–Crippen MR) is 121 cm³/mol. The molecule has 0 saturated carbocycles. The summed E-state index contributed by atoms with van der Waals surface area (Å²) < 4.78 is 0. The molecule has 1 saturated heterocycles. The first kappa shape index (κ1) is 20.5. The lowest BCUT2D eigenvalue weighted by Gasteiger charge is -2.26. The second-order valence-electron chi connectivity index (χ2n) is 8.01. The van der Waals surface area contributed by atoms with Gasteiger partial charge in [0.15, 0.2) is 0 Å². The molecule has 2 aromatic carbocycles. The first-order valence-electron chi connectivity index (χ1n) is 10.2. The maximum atomic E-state index is 13.2. The van der Waals surface area contributed by atoms with E-state index in [1.54, 1.807) is 24.4 Å². The smallest absolute Gasteiger partial charge is 0.300 e. The molecule has 1 atom stereocenters. The zero-order valence-electron chi connectivity index (χ0n) is 18.0. The van der Waals surface area contributed by atoms with E-state index in [1.165, 1.54) is 4.90 Å². The molecule has 0 spiro atoms. The number of aliphatic hydroxyl groups is 1. The van der Waals surface area contributed by atoms with Crippen LogP contribution in [0.1, 0.15) is 39.6 Å². The number of hydrogen-bond donors (Lipinski definition) is 1. The first-order chi connectivity index (χ1) is 14.8. The molecular weight excluding hydrogens is 388 g/mol. The largest absolute Gasteiger partial charge is 0.507 e. The number of nitrogens with zero attached hydrogens (tertiary/aromatic N) is 2. The summed E-state index contributed by atoms with van der Waals surface area (Å²) >= 11 is 0. The molecule has 1 aliphatic heterocycles. The van der Waals surface area contributed by atoms with Crippen molar-refractivity contribution in [1.82, 2.24) is 4.98 Å². The number of amides is 1. The van der Waals surface area contributed by atoms with Gasteiger partial charge in [-0.05, 0) is 74.2 Å². The van der Waals surface area contributed by atoms with Gasteiger partial charge in [0, 0.05) is 17.4 Å². The van der Waals surface area contributed by atoms with E-state index in [-0.39, 0.29) is 11.3 Å². The fraction of sp³-hybridized carbons (Fsp3) is 0.192. The van der Waals surface area contributed by atoms with Crippen molar-refractivity contribution in [3.63, 3.8) is 0 Å². The molecule has 1 fully saturated rings. The number of Topliss-reactive ketones (excluding diaryl/α,β-unsaturated/α-hetero) is 1. The Kier molecular flexibility index (Phi) is 5.19. The number of ketones is 1. The van der Waals surface area contributed by atoms with Gasteiger partial charge in [-0.2, -0.15) is 0 Å². The summed E-state index contributed by atoms with van der Waals surface area (Å²) in [5.41, 5.74) is 5.60. The van der Waals surface area contributed by atoms with Gasteiger partial charge in [-0.25, -0.2) is 0 Å². The Morgan fingerprint density at radius 3 is 2.32 bits per heavy atom. The third-order valence-corrected chi connectivity index (χ3v) is 5.82. The maximum absolute atomic E-state index is 13.2. The minimum atomic E-state index is -0.816. The fourth-order valence-electron chi connectivity index (χ4n) is 3.92. The number of aromatic nitrogens is 1. The van der Waals surface area contributed by atoms with Crippen molar-refractivity contribution in [2.24, 2.45) is 0 Å². The van der Waals surface area contributed by atoms with E-state index in [9.17, 15) is 14.7 Å². The lowest BCUT2D eigenvalue weighted by atomic mass is 9.96. The van der Waals surface area contributed by atoms with Crippen LogP contribution in [0.4, 0.5) is 5.69 Å². The van der Waals surface area contributed by atoms with Crippen LogP contribution in [0.15, 0.2) is 66.4 Å². The lowest BCUT2D eigenvalue weighted by Crippen LogP contribution is -2.30. The Hall–Kier alpha value is -3.73. The van der Waals surface area contributed by atoms with Gasteiger partial charge in [0.2, 0.25) is 0 Å². The van der Waals surface area contributed by atoms with Crippen molar-refractivity contribution in [3.8, 4) is 0 Å². The Morgan fingerprint density at radius 1 is 0.903 bits per heavy atom. The average molecular weight is 412 g/mol. The van der Waals surface area contributed by atoms with Gasteiger partial charge in [-0.1, -0.05) is 30.3 Å². The summed E-state index contributed by atoms with van der Waals surface area (Å²) in [5, 5.41) is 11.2. The maximum Gasteiger partial charge on any atom is 0.300 e.